The predicted octanol–water partition coefficient (Wildman–Crippen LogP) is -1.24. The van der Waals surface area contributed by atoms with E-state index in [2.05, 4.69) is 10.5 Å². The van der Waals surface area contributed by atoms with E-state index in [0.29, 0.717) is 11.8 Å². The molecule has 3 rings (SSSR count). The Bertz CT molecular complexity index is 408. The lowest BCUT2D eigenvalue weighted by Crippen LogP contribution is -2.31. The lowest BCUT2D eigenvalue weighted by molar-refractivity contribution is 0.0740. The molecule has 6 heteroatoms. The van der Waals surface area contributed by atoms with E-state index in [-0.39, 0.29) is 17.3 Å². The summed E-state index contributed by atoms with van der Waals surface area (Å²) in [5.74, 6) is 1.32. The van der Waals surface area contributed by atoms with E-state index in [1.807, 2.05) is 4.90 Å². The molecule has 0 aromatic carbocycles. The molecule has 1 N–H and O–H groups in total. The molecule has 2 fully saturated rings. The molecular weight excluding hydrogens is 205 g/mol. The first-order valence-electron chi connectivity index (χ1n) is 5.46. The molecule has 2 atom stereocenters. The van der Waals surface area contributed by atoms with Gasteiger partial charge in [0.05, 0.1) is 0 Å². The normalized spacial score (nSPS) is 28.4. The lowest BCUT2D eigenvalue weighted by Gasteiger charge is -2.15. The van der Waals surface area contributed by atoms with Crippen molar-refractivity contribution in [2.75, 3.05) is 26.2 Å². The highest BCUT2D eigenvalue weighted by atomic mass is 16.5. The maximum atomic E-state index is 12.0. The van der Waals surface area contributed by atoms with Gasteiger partial charge in [-0.1, -0.05) is 5.16 Å². The Kier molecular flexibility index (Phi) is 2.24. The van der Waals surface area contributed by atoms with Crippen molar-refractivity contribution in [2.24, 2.45) is 11.8 Å². The molecule has 2 saturated heterocycles. The molecule has 1 aromatic rings. The number of hydrogen-bond donors (Lipinski definition) is 1. The highest BCUT2D eigenvalue weighted by Gasteiger charge is 2.38. The van der Waals surface area contributed by atoms with Gasteiger partial charge in [0.2, 0.25) is 5.76 Å². The topological polar surface area (TPSA) is 58.4 Å². The summed E-state index contributed by atoms with van der Waals surface area (Å²) in [6.07, 6.45) is 0. The molecule has 0 spiro atoms. The molecule has 2 aliphatic rings. The molecule has 0 saturated carbocycles. The fraction of sp³-hybridized carbons (Fsp3) is 0.600. The van der Waals surface area contributed by atoms with Crippen LogP contribution in [0, 0.1) is 11.8 Å². The number of hydrogen-bond acceptors (Lipinski definition) is 4. The van der Waals surface area contributed by atoms with Crippen LogP contribution in [0.5, 0.6) is 0 Å². The molecule has 16 heavy (non-hydrogen) atoms. The van der Waals surface area contributed by atoms with Crippen LogP contribution in [0.15, 0.2) is 10.6 Å². The number of amides is 1. The minimum atomic E-state index is -0.0985. The molecule has 2 unspecified atom stereocenters. The largest absolute Gasteiger partial charge is 0.352 e. The maximum absolute atomic E-state index is 12.0. The number of fused-ring (bicyclic) bond motifs is 1. The van der Waals surface area contributed by atoms with Gasteiger partial charge in [0.1, 0.15) is 7.85 Å². The van der Waals surface area contributed by atoms with Crippen LogP contribution in [0.25, 0.3) is 0 Å². The van der Waals surface area contributed by atoms with Crippen molar-refractivity contribution >= 4 is 19.3 Å². The average molecular weight is 217 g/mol. The molecule has 0 bridgehead atoms. The van der Waals surface area contributed by atoms with Crippen molar-refractivity contribution in [1.29, 1.82) is 0 Å². The second kappa shape index (κ2) is 3.62. The molecule has 82 valence electrons. The van der Waals surface area contributed by atoms with E-state index in [9.17, 15) is 4.79 Å². The number of carbonyl (C=O) groups excluding carboxylic acids is 1. The summed E-state index contributed by atoms with van der Waals surface area (Å²) in [7, 11) is 5.42. The first-order valence-corrected chi connectivity index (χ1v) is 5.46. The van der Waals surface area contributed by atoms with E-state index >= 15 is 0 Å². The average Bonchev–Trinajstić information content (AvgIpc) is 2.89. The highest BCUT2D eigenvalue weighted by Crippen LogP contribution is 2.27. The number of carbonyl (C=O) groups is 1. The monoisotopic (exact) mass is 217 g/mol. The summed E-state index contributed by atoms with van der Waals surface area (Å²) in [5.41, 5.74) is 0.254. The van der Waals surface area contributed by atoms with Gasteiger partial charge in [0, 0.05) is 37.8 Å². The molecule has 1 amide bonds. The SMILES string of the molecule is [B]c1cc(C(=O)N2CC3CNCC3C2)on1. The Balaban J connectivity index is 1.73. The van der Waals surface area contributed by atoms with Crippen molar-refractivity contribution in [3.05, 3.63) is 11.8 Å². The third kappa shape index (κ3) is 1.53. The fourth-order valence-electron chi connectivity index (χ4n) is 2.57. The van der Waals surface area contributed by atoms with Gasteiger partial charge in [0.25, 0.3) is 5.91 Å². The zero-order valence-corrected chi connectivity index (χ0v) is 8.85. The summed E-state index contributed by atoms with van der Waals surface area (Å²) in [6.45, 7) is 3.62. The molecule has 1 aromatic heterocycles. The van der Waals surface area contributed by atoms with Gasteiger partial charge in [-0.25, -0.2) is 0 Å². The minimum Gasteiger partial charge on any atom is -0.352 e. The quantitative estimate of drug-likeness (QED) is 0.598. The smallest absolute Gasteiger partial charge is 0.292 e. The summed E-state index contributed by atoms with van der Waals surface area (Å²) < 4.78 is 4.88. The van der Waals surface area contributed by atoms with Crippen LogP contribution in [-0.4, -0.2) is 50.0 Å². The Morgan fingerprint density at radius 2 is 2.19 bits per heavy atom. The summed E-state index contributed by atoms with van der Waals surface area (Å²) in [6, 6.07) is 1.48. The highest BCUT2D eigenvalue weighted by molar-refractivity contribution is 6.30. The van der Waals surface area contributed by atoms with E-state index in [4.69, 9.17) is 12.4 Å². The van der Waals surface area contributed by atoms with Crippen molar-refractivity contribution in [2.45, 2.75) is 0 Å². The van der Waals surface area contributed by atoms with Crippen molar-refractivity contribution < 1.29 is 9.32 Å². The van der Waals surface area contributed by atoms with Crippen LogP contribution < -0.4 is 10.9 Å². The Morgan fingerprint density at radius 1 is 1.50 bits per heavy atom. The van der Waals surface area contributed by atoms with Gasteiger partial charge in [-0.2, -0.15) is 0 Å². The number of rotatable bonds is 1. The predicted molar refractivity (Wildman–Crippen MR) is 57.6 cm³/mol. The van der Waals surface area contributed by atoms with Crippen LogP contribution in [-0.2, 0) is 0 Å². The van der Waals surface area contributed by atoms with Gasteiger partial charge in [-0.05, 0) is 11.8 Å². The molecular formula is C10H12BN3O2. The van der Waals surface area contributed by atoms with Crippen molar-refractivity contribution in [1.82, 2.24) is 15.4 Å². The van der Waals surface area contributed by atoms with Crippen LogP contribution in [0.1, 0.15) is 10.6 Å². The standard InChI is InChI=1S/C10H12BN3O2/c11-9-1-8(16-13-9)10(15)14-4-6-2-12-3-7(6)5-14/h1,6-7,12H,2-5H2. The third-order valence-electron chi connectivity index (χ3n) is 3.42. The molecule has 2 aliphatic heterocycles. The number of nitrogens with zero attached hydrogens (tertiary/aromatic N) is 2. The van der Waals surface area contributed by atoms with E-state index < -0.39 is 0 Å². The Labute approximate surface area is 94.6 Å². The molecule has 3 heterocycles. The number of nitrogens with one attached hydrogen (secondary N) is 1. The minimum absolute atomic E-state index is 0.0985. The lowest BCUT2D eigenvalue weighted by atomic mass is 10.0. The molecule has 0 aliphatic carbocycles. The van der Waals surface area contributed by atoms with E-state index in [1.54, 1.807) is 0 Å². The van der Waals surface area contributed by atoms with Gasteiger partial charge >= 0.3 is 0 Å². The van der Waals surface area contributed by atoms with Crippen molar-refractivity contribution in [3.8, 4) is 0 Å². The summed E-state index contributed by atoms with van der Waals surface area (Å²) in [4.78, 5) is 13.8. The maximum Gasteiger partial charge on any atom is 0.292 e. The molecule has 2 radical (unpaired) electrons. The van der Waals surface area contributed by atoms with Crippen LogP contribution >= 0.6 is 0 Å². The second-order valence-corrected chi connectivity index (χ2v) is 4.50. The van der Waals surface area contributed by atoms with Gasteiger partial charge in [-0.3, -0.25) is 4.79 Å². The van der Waals surface area contributed by atoms with Crippen LogP contribution in [0.3, 0.4) is 0 Å². The number of aromatic nitrogens is 1. The van der Waals surface area contributed by atoms with Gasteiger partial charge < -0.3 is 14.7 Å². The summed E-state index contributed by atoms with van der Waals surface area (Å²) >= 11 is 0. The van der Waals surface area contributed by atoms with Gasteiger partial charge in [0.15, 0.2) is 0 Å². The molecule has 5 nitrogen and oxygen atoms in total. The first-order chi connectivity index (χ1) is 7.74. The fourth-order valence-corrected chi connectivity index (χ4v) is 2.57. The zero-order chi connectivity index (χ0) is 11.1. The second-order valence-electron chi connectivity index (χ2n) is 4.50. The Hall–Kier alpha value is -1.30. The Morgan fingerprint density at radius 3 is 2.75 bits per heavy atom. The third-order valence-corrected chi connectivity index (χ3v) is 3.42. The first kappa shape index (κ1) is 9.90. The van der Waals surface area contributed by atoms with Gasteiger partial charge in [-0.15, -0.1) is 0 Å². The number of likely N-dealkylation sites (tertiary alicyclic amines) is 1. The van der Waals surface area contributed by atoms with Crippen molar-refractivity contribution in [3.63, 3.8) is 0 Å². The van der Waals surface area contributed by atoms with Crippen LogP contribution in [0.2, 0.25) is 0 Å². The van der Waals surface area contributed by atoms with E-state index in [0.717, 1.165) is 26.2 Å². The van der Waals surface area contributed by atoms with E-state index in [1.165, 1.54) is 6.07 Å². The van der Waals surface area contributed by atoms with Crippen LogP contribution in [0.4, 0.5) is 0 Å². The summed E-state index contributed by atoms with van der Waals surface area (Å²) in [5, 5.41) is 6.86. The zero-order valence-electron chi connectivity index (χ0n) is 8.85.